The van der Waals surface area contributed by atoms with Crippen molar-refractivity contribution in [2.45, 2.75) is 19.8 Å². The summed E-state index contributed by atoms with van der Waals surface area (Å²) in [6.07, 6.45) is 1.80. The number of nitrogens with zero attached hydrogens (tertiary/aromatic N) is 1. The van der Waals surface area contributed by atoms with E-state index < -0.39 is 10.9 Å². The highest BCUT2D eigenvalue weighted by atomic mass is 16.6. The first-order valence-electron chi connectivity index (χ1n) is 5.59. The van der Waals surface area contributed by atoms with Crippen LogP contribution < -0.4 is 4.74 Å². The van der Waals surface area contributed by atoms with E-state index in [-0.39, 0.29) is 11.3 Å². The van der Waals surface area contributed by atoms with Crippen LogP contribution >= 0.6 is 0 Å². The monoisotopic (exact) mass is 253 g/mol. The number of methoxy groups -OCH3 is 1. The summed E-state index contributed by atoms with van der Waals surface area (Å²) in [4.78, 5) is 21.6. The second-order valence-corrected chi connectivity index (χ2v) is 3.63. The van der Waals surface area contributed by atoms with E-state index in [0.29, 0.717) is 12.4 Å². The van der Waals surface area contributed by atoms with Crippen molar-refractivity contribution in [3.63, 3.8) is 0 Å². The maximum Gasteiger partial charge on any atom is 0.341 e. The smallest absolute Gasteiger partial charge is 0.341 e. The quantitative estimate of drug-likeness (QED) is 0.337. The second kappa shape index (κ2) is 6.58. The number of esters is 1. The van der Waals surface area contributed by atoms with Gasteiger partial charge in [-0.2, -0.15) is 0 Å². The van der Waals surface area contributed by atoms with Gasteiger partial charge in [-0.15, -0.1) is 0 Å². The Morgan fingerprint density at radius 1 is 1.44 bits per heavy atom. The normalized spacial score (nSPS) is 9.89. The second-order valence-electron chi connectivity index (χ2n) is 3.63. The Morgan fingerprint density at radius 2 is 2.17 bits per heavy atom. The molecule has 0 aliphatic rings. The SMILES string of the molecule is CCCCOc1ccc([N+](=O)[O-])cc1C(=O)OC. The molecule has 0 unspecified atom stereocenters. The fraction of sp³-hybridized carbons (Fsp3) is 0.417. The number of nitro groups is 1. The van der Waals surface area contributed by atoms with Crippen molar-refractivity contribution in [2.75, 3.05) is 13.7 Å². The summed E-state index contributed by atoms with van der Waals surface area (Å²) in [6.45, 7) is 2.47. The number of hydrogen-bond donors (Lipinski definition) is 0. The molecule has 0 aliphatic heterocycles. The first kappa shape index (κ1) is 14.0. The molecule has 1 aromatic carbocycles. The van der Waals surface area contributed by atoms with E-state index in [1.807, 2.05) is 6.92 Å². The van der Waals surface area contributed by atoms with Gasteiger partial charge in [-0.3, -0.25) is 10.1 Å². The molecule has 0 aromatic heterocycles. The molecule has 0 aliphatic carbocycles. The molecule has 0 atom stereocenters. The van der Waals surface area contributed by atoms with Crippen LogP contribution in [0.4, 0.5) is 5.69 Å². The molecule has 0 heterocycles. The summed E-state index contributed by atoms with van der Waals surface area (Å²) in [5, 5.41) is 10.6. The van der Waals surface area contributed by atoms with E-state index in [2.05, 4.69) is 4.74 Å². The first-order valence-corrected chi connectivity index (χ1v) is 5.59. The third-order valence-corrected chi connectivity index (χ3v) is 2.33. The number of rotatable bonds is 6. The predicted molar refractivity (Wildman–Crippen MR) is 64.8 cm³/mol. The Balaban J connectivity index is 3.01. The van der Waals surface area contributed by atoms with E-state index in [4.69, 9.17) is 4.74 Å². The van der Waals surface area contributed by atoms with Gasteiger partial charge in [0.2, 0.25) is 0 Å². The summed E-state index contributed by atoms with van der Waals surface area (Å²) in [6, 6.07) is 3.88. The van der Waals surface area contributed by atoms with Gasteiger partial charge in [-0.1, -0.05) is 13.3 Å². The highest BCUT2D eigenvalue weighted by molar-refractivity contribution is 5.93. The predicted octanol–water partition coefficient (Wildman–Crippen LogP) is 2.56. The molecule has 6 heteroatoms. The van der Waals surface area contributed by atoms with Crippen molar-refractivity contribution in [1.29, 1.82) is 0 Å². The third kappa shape index (κ3) is 3.44. The number of ether oxygens (including phenoxy) is 2. The topological polar surface area (TPSA) is 78.7 Å². The van der Waals surface area contributed by atoms with E-state index >= 15 is 0 Å². The molecular formula is C12H15NO5. The summed E-state index contributed by atoms with van der Waals surface area (Å²) < 4.78 is 9.99. The third-order valence-electron chi connectivity index (χ3n) is 2.33. The van der Waals surface area contributed by atoms with Crippen molar-refractivity contribution in [1.82, 2.24) is 0 Å². The number of hydrogen-bond acceptors (Lipinski definition) is 5. The molecule has 1 aromatic rings. The summed E-state index contributed by atoms with van der Waals surface area (Å²) in [5.74, 6) is -0.342. The minimum Gasteiger partial charge on any atom is -0.493 e. The van der Waals surface area contributed by atoms with Crippen LogP contribution in [0, 0.1) is 10.1 Å². The maximum atomic E-state index is 11.5. The molecule has 18 heavy (non-hydrogen) atoms. The molecule has 0 bridgehead atoms. The molecular weight excluding hydrogens is 238 g/mol. The molecule has 0 amide bonds. The average Bonchev–Trinajstić information content (AvgIpc) is 2.38. The molecule has 1 rings (SSSR count). The van der Waals surface area contributed by atoms with Gasteiger partial charge < -0.3 is 9.47 Å². The standard InChI is InChI=1S/C12H15NO5/c1-3-4-7-18-11-6-5-9(13(15)16)8-10(11)12(14)17-2/h5-6,8H,3-4,7H2,1-2H3. The summed E-state index contributed by atoms with van der Waals surface area (Å²) >= 11 is 0. The van der Waals surface area contributed by atoms with Gasteiger partial charge in [0.05, 0.1) is 18.6 Å². The Bertz CT molecular complexity index is 444. The van der Waals surface area contributed by atoms with Crippen molar-refractivity contribution in [3.8, 4) is 5.75 Å². The van der Waals surface area contributed by atoms with Crippen LogP contribution in [0.1, 0.15) is 30.1 Å². The van der Waals surface area contributed by atoms with Crippen LogP contribution in [-0.2, 0) is 4.74 Å². The van der Waals surface area contributed by atoms with Gasteiger partial charge in [0.25, 0.3) is 5.69 Å². The molecule has 98 valence electrons. The lowest BCUT2D eigenvalue weighted by atomic mass is 10.2. The Morgan fingerprint density at radius 3 is 2.72 bits per heavy atom. The number of unbranched alkanes of at least 4 members (excludes halogenated alkanes) is 1. The van der Waals surface area contributed by atoms with Gasteiger partial charge in [-0.25, -0.2) is 4.79 Å². The van der Waals surface area contributed by atoms with Crippen LogP contribution in [0.25, 0.3) is 0 Å². The molecule has 0 N–H and O–H groups in total. The van der Waals surface area contributed by atoms with Crippen LogP contribution in [0.3, 0.4) is 0 Å². The van der Waals surface area contributed by atoms with E-state index in [1.54, 1.807) is 0 Å². The van der Waals surface area contributed by atoms with Crippen LogP contribution in [0.5, 0.6) is 5.75 Å². The highest BCUT2D eigenvalue weighted by Gasteiger charge is 2.18. The van der Waals surface area contributed by atoms with Crippen molar-refractivity contribution >= 4 is 11.7 Å². The fourth-order valence-electron chi connectivity index (χ4n) is 1.35. The van der Waals surface area contributed by atoms with Gasteiger partial charge in [-0.05, 0) is 12.5 Å². The number of non-ortho nitro benzene ring substituents is 1. The minimum atomic E-state index is -0.648. The lowest BCUT2D eigenvalue weighted by molar-refractivity contribution is -0.384. The van der Waals surface area contributed by atoms with Gasteiger partial charge in [0.1, 0.15) is 11.3 Å². The van der Waals surface area contributed by atoms with Crippen molar-refractivity contribution in [2.24, 2.45) is 0 Å². The van der Waals surface area contributed by atoms with Crippen LogP contribution in [0.2, 0.25) is 0 Å². The van der Waals surface area contributed by atoms with Gasteiger partial charge in [0, 0.05) is 12.1 Å². The van der Waals surface area contributed by atoms with Crippen LogP contribution in [0.15, 0.2) is 18.2 Å². The highest BCUT2D eigenvalue weighted by Crippen LogP contribution is 2.25. The lowest BCUT2D eigenvalue weighted by Crippen LogP contribution is -2.07. The molecule has 0 radical (unpaired) electrons. The van der Waals surface area contributed by atoms with Gasteiger partial charge >= 0.3 is 5.97 Å². The van der Waals surface area contributed by atoms with E-state index in [1.165, 1.54) is 19.2 Å². The molecule has 0 saturated heterocycles. The van der Waals surface area contributed by atoms with E-state index in [0.717, 1.165) is 18.9 Å². The molecule has 6 nitrogen and oxygen atoms in total. The summed E-state index contributed by atoms with van der Waals surface area (Å²) in [7, 11) is 1.22. The number of nitro benzene ring substituents is 1. The number of carbonyl (C=O) groups excluding carboxylic acids is 1. The van der Waals surface area contributed by atoms with Crippen molar-refractivity contribution in [3.05, 3.63) is 33.9 Å². The molecule has 0 fully saturated rings. The average molecular weight is 253 g/mol. The molecule has 0 spiro atoms. The minimum absolute atomic E-state index is 0.0720. The van der Waals surface area contributed by atoms with E-state index in [9.17, 15) is 14.9 Å². The Hall–Kier alpha value is -2.11. The zero-order valence-corrected chi connectivity index (χ0v) is 10.3. The number of benzene rings is 1. The lowest BCUT2D eigenvalue weighted by Gasteiger charge is -2.09. The first-order chi connectivity index (χ1) is 8.60. The largest absolute Gasteiger partial charge is 0.493 e. The van der Waals surface area contributed by atoms with Gasteiger partial charge in [0.15, 0.2) is 0 Å². The Labute approximate surface area is 105 Å². The summed E-state index contributed by atoms with van der Waals surface area (Å²) in [5.41, 5.74) is -0.0963. The zero-order valence-electron chi connectivity index (χ0n) is 10.3. The van der Waals surface area contributed by atoms with Crippen molar-refractivity contribution < 1.29 is 19.2 Å². The van der Waals surface area contributed by atoms with Crippen LogP contribution in [-0.4, -0.2) is 24.6 Å². The fourth-order valence-corrected chi connectivity index (χ4v) is 1.35. The number of carbonyl (C=O) groups is 1. The maximum absolute atomic E-state index is 11.5. The Kier molecular flexibility index (Phi) is 5.10. The molecule has 0 saturated carbocycles. The zero-order chi connectivity index (χ0) is 13.5.